The molecule has 0 saturated heterocycles. The van der Waals surface area contributed by atoms with Crippen LogP contribution in [-0.4, -0.2) is 0 Å². The summed E-state index contributed by atoms with van der Waals surface area (Å²) in [6.07, 6.45) is 20.0. The Labute approximate surface area is 181 Å². The van der Waals surface area contributed by atoms with Crippen LogP contribution in [0.3, 0.4) is 0 Å². The standard InChI is InChI=1S/C28H58/c1-9-11-16-24(4)19-25(5)17-13-12-14-18-26(6)21-28(8)22-27(7)20-23(3)15-10-2/h23-28H,9-22H2,1-8H3/t23-,24+,25-,26-,27-,28+/m1/s1. The first-order valence-corrected chi connectivity index (χ1v) is 13.3. The van der Waals surface area contributed by atoms with E-state index in [0.29, 0.717) is 0 Å². The van der Waals surface area contributed by atoms with Crippen molar-refractivity contribution in [3.05, 3.63) is 0 Å². The van der Waals surface area contributed by atoms with Gasteiger partial charge in [-0.3, -0.25) is 0 Å². The fourth-order valence-electron chi connectivity index (χ4n) is 5.62. The normalized spacial score (nSPS) is 18.4. The van der Waals surface area contributed by atoms with Gasteiger partial charge in [0.05, 0.1) is 0 Å². The summed E-state index contributed by atoms with van der Waals surface area (Å²) in [7, 11) is 0. The summed E-state index contributed by atoms with van der Waals surface area (Å²) in [5.74, 6) is 5.52. The van der Waals surface area contributed by atoms with Crippen molar-refractivity contribution in [2.75, 3.05) is 0 Å². The van der Waals surface area contributed by atoms with Gasteiger partial charge in [0.15, 0.2) is 0 Å². The van der Waals surface area contributed by atoms with Gasteiger partial charge < -0.3 is 0 Å². The van der Waals surface area contributed by atoms with Crippen molar-refractivity contribution in [1.29, 1.82) is 0 Å². The van der Waals surface area contributed by atoms with E-state index in [2.05, 4.69) is 55.4 Å². The number of unbranched alkanes of at least 4 members (excludes halogenated alkanes) is 3. The van der Waals surface area contributed by atoms with E-state index in [0.717, 1.165) is 35.5 Å². The Hall–Kier alpha value is 0. The molecule has 6 atom stereocenters. The van der Waals surface area contributed by atoms with Crippen LogP contribution in [0, 0.1) is 35.5 Å². The summed E-state index contributed by atoms with van der Waals surface area (Å²) in [5.41, 5.74) is 0. The number of hydrogen-bond acceptors (Lipinski definition) is 0. The highest BCUT2D eigenvalue weighted by Gasteiger charge is 2.15. The summed E-state index contributed by atoms with van der Waals surface area (Å²) < 4.78 is 0. The van der Waals surface area contributed by atoms with E-state index < -0.39 is 0 Å². The molecule has 0 heterocycles. The SMILES string of the molecule is CCCC[C@H](C)C[C@H](C)CCCCC[C@@H](C)C[C@H](C)C[C@H](C)C[C@H](C)CCC. The molecule has 0 aliphatic heterocycles. The summed E-state index contributed by atoms with van der Waals surface area (Å²) >= 11 is 0. The van der Waals surface area contributed by atoms with Crippen LogP contribution in [0.4, 0.5) is 0 Å². The molecule has 0 N–H and O–H groups in total. The lowest BCUT2D eigenvalue weighted by molar-refractivity contribution is 0.292. The largest absolute Gasteiger partial charge is 0.0654 e. The average Bonchev–Trinajstić information content (AvgIpc) is 2.59. The molecule has 28 heavy (non-hydrogen) atoms. The molecule has 0 radical (unpaired) electrons. The van der Waals surface area contributed by atoms with Crippen LogP contribution in [-0.2, 0) is 0 Å². The van der Waals surface area contributed by atoms with Crippen molar-refractivity contribution in [2.24, 2.45) is 35.5 Å². The van der Waals surface area contributed by atoms with Crippen molar-refractivity contribution >= 4 is 0 Å². The Balaban J connectivity index is 3.73. The number of hydrogen-bond donors (Lipinski definition) is 0. The zero-order valence-electron chi connectivity index (χ0n) is 21.4. The Morgan fingerprint density at radius 1 is 0.357 bits per heavy atom. The quantitative estimate of drug-likeness (QED) is 0.191. The molecule has 0 spiro atoms. The summed E-state index contributed by atoms with van der Waals surface area (Å²) in [4.78, 5) is 0. The highest BCUT2D eigenvalue weighted by Crippen LogP contribution is 2.28. The predicted molar refractivity (Wildman–Crippen MR) is 131 cm³/mol. The maximum atomic E-state index is 2.50. The Morgan fingerprint density at radius 3 is 1.14 bits per heavy atom. The fraction of sp³-hybridized carbons (Fsp3) is 1.00. The molecule has 0 rings (SSSR count). The van der Waals surface area contributed by atoms with Gasteiger partial charge in [-0.15, -0.1) is 0 Å². The van der Waals surface area contributed by atoms with Crippen LogP contribution >= 0.6 is 0 Å². The van der Waals surface area contributed by atoms with Gasteiger partial charge in [-0.25, -0.2) is 0 Å². The molecular formula is C28H58. The van der Waals surface area contributed by atoms with Gasteiger partial charge in [0.25, 0.3) is 0 Å². The summed E-state index contributed by atoms with van der Waals surface area (Å²) in [6, 6.07) is 0. The molecule has 0 fully saturated rings. The topological polar surface area (TPSA) is 0 Å². The lowest BCUT2D eigenvalue weighted by atomic mass is 9.83. The van der Waals surface area contributed by atoms with Gasteiger partial charge in [0.1, 0.15) is 0 Å². The summed E-state index contributed by atoms with van der Waals surface area (Å²) in [5, 5.41) is 0. The highest BCUT2D eigenvalue weighted by atomic mass is 14.2. The molecule has 0 aliphatic rings. The lowest BCUT2D eigenvalue weighted by Crippen LogP contribution is -2.10. The monoisotopic (exact) mass is 394 g/mol. The minimum absolute atomic E-state index is 0.906. The molecule has 0 aromatic heterocycles. The molecule has 0 aromatic carbocycles. The molecule has 0 unspecified atom stereocenters. The van der Waals surface area contributed by atoms with Crippen LogP contribution in [0.15, 0.2) is 0 Å². The van der Waals surface area contributed by atoms with E-state index >= 15 is 0 Å². The molecule has 0 aromatic rings. The zero-order valence-corrected chi connectivity index (χ0v) is 21.4. The molecule has 170 valence electrons. The van der Waals surface area contributed by atoms with Crippen molar-refractivity contribution in [3.63, 3.8) is 0 Å². The minimum atomic E-state index is 0.906. The molecular weight excluding hydrogens is 336 g/mol. The van der Waals surface area contributed by atoms with E-state index in [1.54, 1.807) is 0 Å². The van der Waals surface area contributed by atoms with Gasteiger partial charge in [-0.1, -0.05) is 120 Å². The maximum absolute atomic E-state index is 2.50. The van der Waals surface area contributed by atoms with Crippen molar-refractivity contribution < 1.29 is 0 Å². The third kappa shape index (κ3) is 16.9. The van der Waals surface area contributed by atoms with Crippen LogP contribution in [0.25, 0.3) is 0 Å². The zero-order chi connectivity index (χ0) is 21.4. The third-order valence-electron chi connectivity index (χ3n) is 6.94. The highest BCUT2D eigenvalue weighted by molar-refractivity contribution is 4.67. The second kappa shape index (κ2) is 17.8. The van der Waals surface area contributed by atoms with E-state index in [1.807, 2.05) is 0 Å². The predicted octanol–water partition coefficient (Wildman–Crippen LogP) is 10.3. The van der Waals surface area contributed by atoms with Crippen molar-refractivity contribution in [2.45, 2.75) is 145 Å². The van der Waals surface area contributed by atoms with Crippen molar-refractivity contribution in [3.8, 4) is 0 Å². The maximum Gasteiger partial charge on any atom is -0.0438 e. The second-order valence-corrected chi connectivity index (χ2v) is 11.1. The Morgan fingerprint density at radius 2 is 0.714 bits per heavy atom. The molecule has 0 saturated carbocycles. The smallest absolute Gasteiger partial charge is 0.0438 e. The van der Waals surface area contributed by atoms with Crippen LogP contribution in [0.2, 0.25) is 0 Å². The van der Waals surface area contributed by atoms with Gasteiger partial charge in [-0.2, -0.15) is 0 Å². The third-order valence-corrected chi connectivity index (χ3v) is 6.94. The molecule has 0 heteroatoms. The first kappa shape index (κ1) is 28.0. The number of rotatable bonds is 19. The first-order valence-electron chi connectivity index (χ1n) is 13.3. The Bertz CT molecular complexity index is 320. The van der Waals surface area contributed by atoms with Crippen LogP contribution in [0.1, 0.15) is 145 Å². The first-order chi connectivity index (χ1) is 13.3. The van der Waals surface area contributed by atoms with Gasteiger partial charge in [0, 0.05) is 0 Å². The van der Waals surface area contributed by atoms with Crippen molar-refractivity contribution in [1.82, 2.24) is 0 Å². The molecule has 0 nitrogen and oxygen atoms in total. The van der Waals surface area contributed by atoms with Gasteiger partial charge in [-0.05, 0) is 61.2 Å². The second-order valence-electron chi connectivity index (χ2n) is 11.1. The van der Waals surface area contributed by atoms with E-state index in [4.69, 9.17) is 0 Å². The molecule has 0 amide bonds. The van der Waals surface area contributed by atoms with Gasteiger partial charge >= 0.3 is 0 Å². The lowest BCUT2D eigenvalue weighted by Gasteiger charge is -2.23. The minimum Gasteiger partial charge on any atom is -0.0654 e. The molecule has 0 bridgehead atoms. The average molecular weight is 395 g/mol. The van der Waals surface area contributed by atoms with Crippen LogP contribution < -0.4 is 0 Å². The van der Waals surface area contributed by atoms with Gasteiger partial charge in [0.2, 0.25) is 0 Å². The summed E-state index contributed by atoms with van der Waals surface area (Å²) in [6.45, 7) is 19.5. The Kier molecular flexibility index (Phi) is 17.8. The van der Waals surface area contributed by atoms with E-state index in [9.17, 15) is 0 Å². The van der Waals surface area contributed by atoms with E-state index in [1.165, 1.54) is 89.9 Å². The molecule has 0 aliphatic carbocycles. The van der Waals surface area contributed by atoms with Crippen LogP contribution in [0.5, 0.6) is 0 Å². The van der Waals surface area contributed by atoms with E-state index in [-0.39, 0.29) is 0 Å². The fourth-order valence-corrected chi connectivity index (χ4v) is 5.62.